The van der Waals surface area contributed by atoms with Gasteiger partial charge in [-0.25, -0.2) is 4.39 Å². The van der Waals surface area contributed by atoms with Crippen molar-refractivity contribution in [1.82, 2.24) is 0 Å². The molecule has 1 aromatic carbocycles. The summed E-state index contributed by atoms with van der Waals surface area (Å²) >= 11 is 11.0. The van der Waals surface area contributed by atoms with Crippen molar-refractivity contribution in [1.29, 1.82) is 0 Å². The van der Waals surface area contributed by atoms with E-state index in [0.717, 1.165) is 18.3 Å². The van der Waals surface area contributed by atoms with Crippen molar-refractivity contribution in [3.8, 4) is 0 Å². The molecule has 1 atom stereocenters. The van der Waals surface area contributed by atoms with Crippen LogP contribution in [0.5, 0.6) is 0 Å². The van der Waals surface area contributed by atoms with Gasteiger partial charge < -0.3 is 4.84 Å². The van der Waals surface area contributed by atoms with E-state index >= 15 is 0 Å². The Morgan fingerprint density at radius 3 is 2.17 bits per heavy atom. The first-order valence-electron chi connectivity index (χ1n) is 4.70. The fourth-order valence-corrected chi connectivity index (χ4v) is 2.11. The molecule has 0 aliphatic carbocycles. The van der Waals surface area contributed by atoms with Crippen LogP contribution in [0.15, 0.2) is 17.3 Å². The summed E-state index contributed by atoms with van der Waals surface area (Å²) in [6.45, 7) is 0. The van der Waals surface area contributed by atoms with Gasteiger partial charge in [0.2, 0.25) is 0 Å². The first-order chi connectivity index (χ1) is 8.28. The number of hydrogen-bond donors (Lipinski definition) is 0. The highest BCUT2D eigenvalue weighted by Crippen LogP contribution is 2.48. The highest BCUT2D eigenvalue weighted by molar-refractivity contribution is 6.35. The third-order valence-electron chi connectivity index (χ3n) is 2.57. The van der Waals surface area contributed by atoms with E-state index in [-0.39, 0.29) is 5.56 Å². The summed E-state index contributed by atoms with van der Waals surface area (Å²) in [5.41, 5.74) is -3.04. The van der Waals surface area contributed by atoms with Gasteiger partial charge in [0.25, 0.3) is 5.60 Å². The third kappa shape index (κ3) is 1.93. The van der Waals surface area contributed by atoms with E-state index in [2.05, 4.69) is 9.99 Å². The maximum Gasteiger partial charge on any atom is 0.435 e. The predicted octanol–water partition coefficient (Wildman–Crippen LogP) is 4.30. The molecule has 98 valence electrons. The third-order valence-corrected chi connectivity index (χ3v) is 3.12. The summed E-state index contributed by atoms with van der Waals surface area (Å²) in [6.07, 6.45) is -4.26. The molecule has 0 bridgehead atoms. The van der Waals surface area contributed by atoms with Crippen LogP contribution in [-0.4, -0.2) is 12.4 Å². The second-order valence-electron chi connectivity index (χ2n) is 3.66. The maximum absolute atomic E-state index is 13.2. The van der Waals surface area contributed by atoms with Crippen molar-refractivity contribution in [3.05, 3.63) is 33.6 Å². The SMILES string of the molecule is Fc1c(Cl)cc(C2(C(F)(F)F)CC=NO2)cc1Cl. The monoisotopic (exact) mass is 301 g/mol. The Labute approximate surface area is 109 Å². The Kier molecular flexibility index (Phi) is 3.19. The van der Waals surface area contributed by atoms with E-state index in [0.29, 0.717) is 0 Å². The van der Waals surface area contributed by atoms with E-state index in [4.69, 9.17) is 23.2 Å². The normalized spacial score (nSPS) is 23.2. The van der Waals surface area contributed by atoms with Gasteiger partial charge in [-0.15, -0.1) is 0 Å². The summed E-state index contributed by atoms with van der Waals surface area (Å²) in [7, 11) is 0. The summed E-state index contributed by atoms with van der Waals surface area (Å²) in [6, 6.07) is 1.68. The maximum atomic E-state index is 13.2. The molecule has 2 rings (SSSR count). The Morgan fingerprint density at radius 1 is 1.22 bits per heavy atom. The van der Waals surface area contributed by atoms with Crippen LogP contribution in [0, 0.1) is 5.82 Å². The van der Waals surface area contributed by atoms with Crippen LogP contribution in [0.1, 0.15) is 12.0 Å². The summed E-state index contributed by atoms with van der Waals surface area (Å²) in [5, 5.41) is 2.13. The lowest BCUT2D eigenvalue weighted by Gasteiger charge is -2.29. The van der Waals surface area contributed by atoms with Gasteiger partial charge in [0.1, 0.15) is 0 Å². The summed E-state index contributed by atoms with van der Waals surface area (Å²) in [4.78, 5) is 4.45. The molecule has 2 nitrogen and oxygen atoms in total. The van der Waals surface area contributed by atoms with E-state index in [1.165, 1.54) is 0 Å². The van der Waals surface area contributed by atoms with Gasteiger partial charge in [-0.2, -0.15) is 13.2 Å². The van der Waals surface area contributed by atoms with Crippen molar-refractivity contribution in [2.75, 3.05) is 0 Å². The Morgan fingerprint density at radius 2 is 1.78 bits per heavy atom. The van der Waals surface area contributed by atoms with Gasteiger partial charge in [0, 0.05) is 18.2 Å². The van der Waals surface area contributed by atoms with Crippen molar-refractivity contribution < 1.29 is 22.4 Å². The van der Waals surface area contributed by atoms with E-state index in [9.17, 15) is 17.6 Å². The lowest BCUT2D eigenvalue weighted by atomic mass is 9.90. The van der Waals surface area contributed by atoms with Crippen LogP contribution in [0.3, 0.4) is 0 Å². The number of alkyl halides is 3. The van der Waals surface area contributed by atoms with Crippen molar-refractivity contribution >= 4 is 29.4 Å². The first kappa shape index (κ1) is 13.4. The fraction of sp³-hybridized carbons (Fsp3) is 0.300. The highest BCUT2D eigenvalue weighted by Gasteiger charge is 2.60. The second-order valence-corrected chi connectivity index (χ2v) is 4.48. The van der Waals surface area contributed by atoms with Crippen LogP contribution in [0.4, 0.5) is 17.6 Å². The average molecular weight is 302 g/mol. The molecule has 1 aliphatic heterocycles. The standard InChI is InChI=1S/C10H5Cl2F4NO/c11-6-3-5(4-7(12)8(6)13)9(10(14,15)16)1-2-17-18-9/h2-4H,1H2. The van der Waals surface area contributed by atoms with E-state index in [1.54, 1.807) is 0 Å². The lowest BCUT2D eigenvalue weighted by molar-refractivity contribution is -0.275. The molecule has 1 aromatic rings. The van der Waals surface area contributed by atoms with Gasteiger partial charge >= 0.3 is 6.18 Å². The quantitative estimate of drug-likeness (QED) is 0.560. The molecule has 0 N–H and O–H groups in total. The molecule has 1 aliphatic rings. The number of halogens is 6. The molecule has 0 fully saturated rings. The highest BCUT2D eigenvalue weighted by atomic mass is 35.5. The molecular weight excluding hydrogens is 297 g/mol. The summed E-state index contributed by atoms with van der Waals surface area (Å²) < 4.78 is 52.4. The van der Waals surface area contributed by atoms with Crippen molar-refractivity contribution in [2.24, 2.45) is 5.16 Å². The van der Waals surface area contributed by atoms with Crippen LogP contribution in [-0.2, 0) is 10.4 Å². The van der Waals surface area contributed by atoms with Crippen LogP contribution in [0.25, 0.3) is 0 Å². The minimum absolute atomic E-state index is 0.385. The molecule has 0 saturated heterocycles. The number of oxime groups is 1. The van der Waals surface area contributed by atoms with Gasteiger partial charge in [0.05, 0.1) is 10.0 Å². The van der Waals surface area contributed by atoms with Crippen molar-refractivity contribution in [2.45, 2.75) is 18.2 Å². The minimum Gasteiger partial charge on any atom is -0.375 e. The van der Waals surface area contributed by atoms with E-state index < -0.39 is 34.1 Å². The molecule has 0 aromatic heterocycles. The molecule has 0 radical (unpaired) electrons. The van der Waals surface area contributed by atoms with Gasteiger partial charge in [0.15, 0.2) is 5.82 Å². The first-order valence-corrected chi connectivity index (χ1v) is 5.45. The van der Waals surface area contributed by atoms with Crippen LogP contribution < -0.4 is 0 Å². The average Bonchev–Trinajstić information content (AvgIpc) is 2.74. The zero-order valence-electron chi connectivity index (χ0n) is 8.56. The smallest absolute Gasteiger partial charge is 0.375 e. The molecule has 1 unspecified atom stereocenters. The van der Waals surface area contributed by atoms with Gasteiger partial charge in [-0.1, -0.05) is 28.4 Å². The molecule has 0 spiro atoms. The summed E-state index contributed by atoms with van der Waals surface area (Å²) in [5.74, 6) is -0.974. The predicted molar refractivity (Wildman–Crippen MR) is 58.3 cm³/mol. The minimum atomic E-state index is -4.73. The number of rotatable bonds is 1. The topological polar surface area (TPSA) is 21.6 Å². The lowest BCUT2D eigenvalue weighted by Crippen LogP contribution is -2.42. The Hall–Kier alpha value is -1.01. The van der Waals surface area contributed by atoms with E-state index in [1.807, 2.05) is 0 Å². The fourth-order valence-electron chi connectivity index (χ4n) is 1.62. The largest absolute Gasteiger partial charge is 0.435 e. The zero-order chi connectivity index (χ0) is 13.6. The molecular formula is C10H5Cl2F4NO. The number of nitrogens with zero attached hydrogens (tertiary/aromatic N) is 1. The molecule has 8 heteroatoms. The Bertz CT molecular complexity index is 484. The molecule has 18 heavy (non-hydrogen) atoms. The molecule has 0 saturated carbocycles. The zero-order valence-corrected chi connectivity index (χ0v) is 10.1. The molecule has 1 heterocycles. The Balaban J connectivity index is 2.58. The number of hydrogen-bond acceptors (Lipinski definition) is 2. The number of benzene rings is 1. The second kappa shape index (κ2) is 4.28. The van der Waals surface area contributed by atoms with Gasteiger partial charge in [-0.05, 0) is 12.1 Å². The van der Waals surface area contributed by atoms with Crippen LogP contribution >= 0.6 is 23.2 Å². The van der Waals surface area contributed by atoms with Crippen molar-refractivity contribution in [3.63, 3.8) is 0 Å². The molecule has 0 amide bonds. The van der Waals surface area contributed by atoms with Crippen LogP contribution in [0.2, 0.25) is 10.0 Å². The van der Waals surface area contributed by atoms with Gasteiger partial charge in [-0.3, -0.25) is 0 Å².